The second-order valence-electron chi connectivity index (χ2n) is 6.70. The zero-order valence-electron chi connectivity index (χ0n) is 16.2. The van der Waals surface area contributed by atoms with Gasteiger partial charge >= 0.3 is 0 Å². The van der Waals surface area contributed by atoms with Gasteiger partial charge in [-0.15, -0.1) is 0 Å². The molecule has 0 aliphatic carbocycles. The highest BCUT2D eigenvalue weighted by Crippen LogP contribution is 2.28. The van der Waals surface area contributed by atoms with Gasteiger partial charge in [0, 0.05) is 11.3 Å². The summed E-state index contributed by atoms with van der Waals surface area (Å²) in [6.45, 7) is 6.66. The third-order valence-corrected chi connectivity index (χ3v) is 5.24. The van der Waals surface area contributed by atoms with Gasteiger partial charge < -0.3 is 5.32 Å². The summed E-state index contributed by atoms with van der Waals surface area (Å²) in [7, 11) is -3.67. The fourth-order valence-corrected chi connectivity index (χ4v) is 4.05. The number of amides is 1. The lowest BCUT2D eigenvalue weighted by Crippen LogP contribution is -2.38. The van der Waals surface area contributed by atoms with Crippen molar-refractivity contribution in [1.82, 2.24) is 0 Å². The smallest absolute Gasteiger partial charge is 0.245 e. The number of carbonyl (C=O) groups is 2. The Morgan fingerprint density at radius 1 is 1.04 bits per heavy atom. The highest BCUT2D eigenvalue weighted by Gasteiger charge is 2.24. The summed E-state index contributed by atoms with van der Waals surface area (Å²) in [5, 5.41) is 2.66. The molecule has 7 heteroatoms. The summed E-state index contributed by atoms with van der Waals surface area (Å²) in [5.74, 6) is -0.602. The van der Waals surface area contributed by atoms with Crippen molar-refractivity contribution >= 4 is 33.1 Å². The van der Waals surface area contributed by atoms with Crippen molar-refractivity contribution in [2.45, 2.75) is 27.7 Å². The average Bonchev–Trinajstić information content (AvgIpc) is 2.52. The minimum atomic E-state index is -3.67. The van der Waals surface area contributed by atoms with E-state index in [9.17, 15) is 18.0 Å². The predicted octanol–water partition coefficient (Wildman–Crippen LogP) is 3.22. The monoisotopic (exact) mass is 388 g/mol. The lowest BCUT2D eigenvalue weighted by atomic mass is 10.1. The molecular weight excluding hydrogens is 364 g/mol. The minimum absolute atomic E-state index is 0.116. The Bertz CT molecular complexity index is 974. The number of aryl methyl sites for hydroxylation is 3. The summed E-state index contributed by atoms with van der Waals surface area (Å²) in [6.07, 6.45) is 1.08. The molecule has 0 heterocycles. The normalized spacial score (nSPS) is 11.1. The molecule has 0 spiro atoms. The van der Waals surface area contributed by atoms with Crippen LogP contribution in [-0.2, 0) is 14.8 Å². The Hall–Kier alpha value is -2.67. The maximum absolute atomic E-state index is 12.5. The van der Waals surface area contributed by atoms with E-state index in [1.165, 1.54) is 6.92 Å². The van der Waals surface area contributed by atoms with E-state index in [2.05, 4.69) is 5.32 Å². The van der Waals surface area contributed by atoms with Gasteiger partial charge in [-0.3, -0.25) is 13.9 Å². The quantitative estimate of drug-likeness (QED) is 0.770. The molecule has 27 heavy (non-hydrogen) atoms. The summed E-state index contributed by atoms with van der Waals surface area (Å²) >= 11 is 0. The molecule has 2 aromatic carbocycles. The predicted molar refractivity (Wildman–Crippen MR) is 108 cm³/mol. The van der Waals surface area contributed by atoms with E-state index >= 15 is 0 Å². The van der Waals surface area contributed by atoms with E-state index in [1.54, 1.807) is 24.3 Å². The van der Waals surface area contributed by atoms with E-state index < -0.39 is 15.9 Å². The van der Waals surface area contributed by atoms with Gasteiger partial charge in [-0.2, -0.15) is 0 Å². The third kappa shape index (κ3) is 5.17. The first-order chi connectivity index (χ1) is 12.5. The van der Waals surface area contributed by atoms with Crippen molar-refractivity contribution in [2.75, 3.05) is 22.4 Å². The highest BCUT2D eigenvalue weighted by atomic mass is 32.2. The van der Waals surface area contributed by atoms with E-state index in [4.69, 9.17) is 0 Å². The van der Waals surface area contributed by atoms with Gasteiger partial charge in [-0.05, 0) is 51.0 Å². The summed E-state index contributed by atoms with van der Waals surface area (Å²) < 4.78 is 25.8. The maximum Gasteiger partial charge on any atom is 0.245 e. The molecule has 0 aliphatic heterocycles. The van der Waals surface area contributed by atoms with Gasteiger partial charge in [0.15, 0.2) is 5.78 Å². The minimum Gasteiger partial charge on any atom is -0.324 e. The molecule has 0 saturated carbocycles. The molecule has 0 unspecified atom stereocenters. The van der Waals surface area contributed by atoms with Gasteiger partial charge in [0.1, 0.15) is 6.54 Å². The Balaban J connectivity index is 2.32. The molecule has 0 radical (unpaired) electrons. The molecule has 2 rings (SSSR count). The summed E-state index contributed by atoms with van der Waals surface area (Å²) in [5.41, 5.74) is 4.01. The molecular formula is C20H24N2O4S. The van der Waals surface area contributed by atoms with Crippen LogP contribution in [0.2, 0.25) is 0 Å². The summed E-state index contributed by atoms with van der Waals surface area (Å²) in [6, 6.07) is 10.3. The topological polar surface area (TPSA) is 83.6 Å². The van der Waals surface area contributed by atoms with Crippen LogP contribution in [-0.4, -0.2) is 32.9 Å². The zero-order chi connectivity index (χ0) is 20.4. The SMILES string of the molecule is CC(=O)c1cccc(NC(=O)CN(c2c(C)cc(C)cc2C)S(C)(=O)=O)c1. The van der Waals surface area contributed by atoms with Gasteiger partial charge in [-0.25, -0.2) is 8.42 Å². The van der Waals surface area contributed by atoms with Gasteiger partial charge in [0.2, 0.25) is 15.9 Å². The van der Waals surface area contributed by atoms with Crippen molar-refractivity contribution < 1.29 is 18.0 Å². The molecule has 144 valence electrons. The Morgan fingerprint density at radius 3 is 2.15 bits per heavy atom. The van der Waals surface area contributed by atoms with Crippen LogP contribution in [0.15, 0.2) is 36.4 Å². The first-order valence-corrected chi connectivity index (χ1v) is 10.3. The fourth-order valence-electron chi connectivity index (χ4n) is 3.07. The maximum atomic E-state index is 12.5. The van der Waals surface area contributed by atoms with Crippen molar-refractivity contribution in [2.24, 2.45) is 0 Å². The Kier molecular flexibility index (Phi) is 6.05. The largest absolute Gasteiger partial charge is 0.324 e. The van der Waals surface area contributed by atoms with E-state index in [0.29, 0.717) is 16.9 Å². The van der Waals surface area contributed by atoms with Crippen LogP contribution >= 0.6 is 0 Å². The number of nitrogens with zero attached hydrogens (tertiary/aromatic N) is 1. The lowest BCUT2D eigenvalue weighted by Gasteiger charge is -2.26. The molecule has 0 saturated heterocycles. The van der Waals surface area contributed by atoms with Crippen LogP contribution in [0.1, 0.15) is 34.0 Å². The number of ketones is 1. The molecule has 0 aliphatic rings. The van der Waals surface area contributed by atoms with Crippen LogP contribution in [0, 0.1) is 20.8 Å². The zero-order valence-corrected chi connectivity index (χ0v) is 17.0. The van der Waals surface area contributed by atoms with E-state index in [1.807, 2.05) is 32.9 Å². The standard InChI is InChI=1S/C20H24N2O4S/c1-13-9-14(2)20(15(3)10-13)22(27(5,25)26)12-19(24)21-18-8-6-7-17(11-18)16(4)23/h6-11H,12H2,1-5H3,(H,21,24). The van der Waals surface area contributed by atoms with Crippen molar-refractivity contribution in [3.63, 3.8) is 0 Å². The van der Waals surface area contributed by atoms with Gasteiger partial charge in [0.05, 0.1) is 11.9 Å². The molecule has 0 atom stereocenters. The van der Waals surface area contributed by atoms with Crippen LogP contribution < -0.4 is 9.62 Å². The highest BCUT2D eigenvalue weighted by molar-refractivity contribution is 7.92. The average molecular weight is 388 g/mol. The number of hydrogen-bond acceptors (Lipinski definition) is 4. The van der Waals surface area contributed by atoms with Crippen LogP contribution in [0.25, 0.3) is 0 Å². The lowest BCUT2D eigenvalue weighted by molar-refractivity contribution is -0.114. The second kappa shape index (κ2) is 7.92. The number of benzene rings is 2. The number of anilines is 2. The van der Waals surface area contributed by atoms with Crippen molar-refractivity contribution in [3.05, 3.63) is 58.7 Å². The first-order valence-electron chi connectivity index (χ1n) is 8.45. The van der Waals surface area contributed by atoms with Crippen LogP contribution in [0.4, 0.5) is 11.4 Å². The van der Waals surface area contributed by atoms with Crippen molar-refractivity contribution in [1.29, 1.82) is 0 Å². The Labute approximate surface area is 160 Å². The summed E-state index contributed by atoms with van der Waals surface area (Å²) in [4.78, 5) is 24.0. The fraction of sp³-hybridized carbons (Fsp3) is 0.300. The second-order valence-corrected chi connectivity index (χ2v) is 8.61. The van der Waals surface area contributed by atoms with Crippen LogP contribution in [0.3, 0.4) is 0 Å². The number of nitrogens with one attached hydrogen (secondary N) is 1. The Morgan fingerprint density at radius 2 is 1.63 bits per heavy atom. The number of hydrogen-bond donors (Lipinski definition) is 1. The van der Waals surface area contributed by atoms with Crippen molar-refractivity contribution in [3.8, 4) is 0 Å². The number of carbonyl (C=O) groups excluding carboxylic acids is 2. The molecule has 0 bridgehead atoms. The molecule has 0 aromatic heterocycles. The number of sulfonamides is 1. The molecule has 1 amide bonds. The molecule has 2 aromatic rings. The third-order valence-electron chi connectivity index (χ3n) is 4.13. The number of Topliss-reactive ketones (excluding diaryl/α,β-unsaturated/α-hetero) is 1. The molecule has 1 N–H and O–H groups in total. The molecule has 6 nitrogen and oxygen atoms in total. The number of rotatable bonds is 6. The van der Waals surface area contributed by atoms with E-state index in [-0.39, 0.29) is 12.3 Å². The van der Waals surface area contributed by atoms with Gasteiger partial charge in [-0.1, -0.05) is 29.8 Å². The molecule has 0 fully saturated rings. The van der Waals surface area contributed by atoms with Gasteiger partial charge in [0.25, 0.3) is 0 Å². The van der Waals surface area contributed by atoms with Crippen LogP contribution in [0.5, 0.6) is 0 Å². The van der Waals surface area contributed by atoms with E-state index in [0.717, 1.165) is 27.3 Å². The first kappa shape index (κ1) is 20.6.